The first kappa shape index (κ1) is 19.2. The van der Waals surface area contributed by atoms with Crippen LogP contribution in [0.25, 0.3) is 0 Å². The fraction of sp³-hybridized carbons (Fsp3) is 0.300. The first-order chi connectivity index (χ1) is 13.0. The Hall–Kier alpha value is -2.60. The number of rotatable bonds is 4. The van der Waals surface area contributed by atoms with E-state index in [1.807, 2.05) is 18.2 Å². The Balaban J connectivity index is 1.53. The van der Waals surface area contributed by atoms with Crippen LogP contribution in [0.15, 0.2) is 48.5 Å². The van der Waals surface area contributed by atoms with E-state index < -0.39 is 0 Å². The number of benzene rings is 2. The summed E-state index contributed by atoms with van der Waals surface area (Å²) in [6.07, 6.45) is 1.48. The molecule has 0 radical (unpaired) electrons. The minimum atomic E-state index is -0.360. The van der Waals surface area contributed by atoms with Gasteiger partial charge in [0.1, 0.15) is 5.82 Å². The highest BCUT2D eigenvalue weighted by molar-refractivity contribution is 6.31. The molecule has 5 nitrogen and oxygen atoms in total. The summed E-state index contributed by atoms with van der Waals surface area (Å²) in [5, 5.41) is 6.25. The number of hydrogen-bond acceptors (Lipinski definition) is 2. The van der Waals surface area contributed by atoms with Crippen molar-refractivity contribution in [1.82, 2.24) is 10.2 Å². The molecule has 0 unspecified atom stereocenters. The van der Waals surface area contributed by atoms with Crippen LogP contribution in [0.4, 0.5) is 14.9 Å². The van der Waals surface area contributed by atoms with Gasteiger partial charge in [0.05, 0.1) is 5.92 Å². The first-order valence-corrected chi connectivity index (χ1v) is 9.23. The van der Waals surface area contributed by atoms with E-state index in [2.05, 4.69) is 10.6 Å². The van der Waals surface area contributed by atoms with Crippen LogP contribution < -0.4 is 10.6 Å². The maximum Gasteiger partial charge on any atom is 0.321 e. The fourth-order valence-corrected chi connectivity index (χ4v) is 3.28. The fourth-order valence-electron chi connectivity index (χ4n) is 3.08. The van der Waals surface area contributed by atoms with E-state index in [1.165, 1.54) is 24.3 Å². The molecule has 2 N–H and O–H groups in total. The third-order valence-electron chi connectivity index (χ3n) is 4.59. The van der Waals surface area contributed by atoms with Crippen molar-refractivity contribution in [2.24, 2.45) is 5.92 Å². The quantitative estimate of drug-likeness (QED) is 0.829. The largest absolute Gasteiger partial charge is 0.352 e. The zero-order valence-corrected chi connectivity index (χ0v) is 15.5. The van der Waals surface area contributed by atoms with Crippen molar-refractivity contribution in [3.8, 4) is 0 Å². The Morgan fingerprint density at radius 1 is 1.15 bits per heavy atom. The lowest BCUT2D eigenvalue weighted by atomic mass is 9.97. The Morgan fingerprint density at radius 2 is 1.89 bits per heavy atom. The molecule has 0 aromatic heterocycles. The highest BCUT2D eigenvalue weighted by Crippen LogP contribution is 2.19. The van der Waals surface area contributed by atoms with Crippen molar-refractivity contribution >= 4 is 29.2 Å². The van der Waals surface area contributed by atoms with Gasteiger partial charge < -0.3 is 15.5 Å². The maximum atomic E-state index is 13.0. The lowest BCUT2D eigenvalue weighted by molar-refractivity contribution is -0.126. The average Bonchev–Trinajstić information content (AvgIpc) is 2.69. The average molecular weight is 390 g/mol. The molecule has 0 spiro atoms. The normalized spacial score (nSPS) is 16.7. The molecule has 0 bridgehead atoms. The molecule has 7 heteroatoms. The van der Waals surface area contributed by atoms with E-state index in [0.29, 0.717) is 30.3 Å². The number of anilines is 1. The van der Waals surface area contributed by atoms with Gasteiger partial charge in [-0.15, -0.1) is 0 Å². The smallest absolute Gasteiger partial charge is 0.321 e. The zero-order chi connectivity index (χ0) is 19.2. The molecule has 142 valence electrons. The van der Waals surface area contributed by atoms with Crippen molar-refractivity contribution in [2.45, 2.75) is 19.4 Å². The van der Waals surface area contributed by atoms with Gasteiger partial charge in [-0.3, -0.25) is 4.79 Å². The van der Waals surface area contributed by atoms with Crippen LogP contribution in [0.1, 0.15) is 18.4 Å². The number of nitrogens with zero attached hydrogens (tertiary/aromatic N) is 1. The molecule has 1 aliphatic heterocycles. The summed E-state index contributed by atoms with van der Waals surface area (Å²) in [4.78, 5) is 26.5. The Kier molecular flexibility index (Phi) is 6.29. The molecule has 1 fully saturated rings. The zero-order valence-electron chi connectivity index (χ0n) is 14.8. The van der Waals surface area contributed by atoms with Gasteiger partial charge >= 0.3 is 6.03 Å². The van der Waals surface area contributed by atoms with Crippen molar-refractivity contribution < 1.29 is 14.0 Å². The third kappa shape index (κ3) is 5.20. The van der Waals surface area contributed by atoms with E-state index in [0.717, 1.165) is 18.4 Å². The molecule has 1 heterocycles. The number of urea groups is 1. The monoisotopic (exact) mass is 389 g/mol. The molecule has 27 heavy (non-hydrogen) atoms. The number of piperidine rings is 1. The van der Waals surface area contributed by atoms with Crippen LogP contribution in [0.3, 0.4) is 0 Å². The number of hydrogen-bond donors (Lipinski definition) is 2. The summed E-state index contributed by atoms with van der Waals surface area (Å²) in [7, 11) is 0. The van der Waals surface area contributed by atoms with Crippen LogP contribution >= 0.6 is 11.6 Å². The topological polar surface area (TPSA) is 61.4 Å². The minimum absolute atomic E-state index is 0.0887. The molecule has 0 saturated carbocycles. The number of amides is 3. The van der Waals surface area contributed by atoms with Crippen LogP contribution in [-0.2, 0) is 11.3 Å². The summed E-state index contributed by atoms with van der Waals surface area (Å²) < 4.78 is 13.0. The van der Waals surface area contributed by atoms with E-state index >= 15 is 0 Å². The van der Waals surface area contributed by atoms with Gasteiger partial charge in [-0.05, 0) is 48.7 Å². The summed E-state index contributed by atoms with van der Waals surface area (Å²) in [5.74, 6) is -0.712. The predicted octanol–water partition coefficient (Wildman–Crippen LogP) is 4.04. The minimum Gasteiger partial charge on any atom is -0.352 e. The number of carbonyl (C=O) groups is 2. The summed E-state index contributed by atoms with van der Waals surface area (Å²) in [6, 6.07) is 12.7. The standard InChI is InChI=1S/C20H21ClFN3O2/c21-18-6-2-1-4-14(18)12-23-19(26)15-5-3-11-25(13-15)20(27)24-17-9-7-16(22)8-10-17/h1-2,4,6-10,15H,3,5,11-13H2,(H,23,26)(H,24,27)/t15-/m1/s1. The van der Waals surface area contributed by atoms with Gasteiger partial charge in [0.2, 0.25) is 5.91 Å². The highest BCUT2D eigenvalue weighted by Gasteiger charge is 2.28. The lowest BCUT2D eigenvalue weighted by Crippen LogP contribution is -2.46. The van der Waals surface area contributed by atoms with Gasteiger partial charge in [-0.25, -0.2) is 9.18 Å². The number of carbonyl (C=O) groups excluding carboxylic acids is 2. The van der Waals surface area contributed by atoms with Gasteiger partial charge in [0, 0.05) is 30.3 Å². The second kappa shape index (κ2) is 8.86. The number of likely N-dealkylation sites (tertiary alicyclic amines) is 1. The van der Waals surface area contributed by atoms with Crippen LogP contribution in [0.2, 0.25) is 5.02 Å². The number of halogens is 2. The Labute approximate surface area is 162 Å². The van der Waals surface area contributed by atoms with Gasteiger partial charge in [-0.1, -0.05) is 29.8 Å². The Morgan fingerprint density at radius 3 is 2.63 bits per heavy atom. The summed E-state index contributed by atoms with van der Waals surface area (Å²) in [6.45, 7) is 1.29. The molecule has 3 rings (SSSR count). The van der Waals surface area contributed by atoms with E-state index in [4.69, 9.17) is 11.6 Å². The molecule has 2 aromatic rings. The molecular formula is C20H21ClFN3O2. The highest BCUT2D eigenvalue weighted by atomic mass is 35.5. The molecule has 1 aliphatic rings. The van der Waals surface area contributed by atoms with Crippen molar-refractivity contribution in [2.75, 3.05) is 18.4 Å². The lowest BCUT2D eigenvalue weighted by Gasteiger charge is -2.32. The van der Waals surface area contributed by atoms with Crippen molar-refractivity contribution in [1.29, 1.82) is 0 Å². The summed E-state index contributed by atoms with van der Waals surface area (Å²) >= 11 is 6.11. The first-order valence-electron chi connectivity index (χ1n) is 8.85. The molecule has 1 atom stereocenters. The van der Waals surface area contributed by atoms with Crippen LogP contribution in [0, 0.1) is 11.7 Å². The van der Waals surface area contributed by atoms with E-state index in [1.54, 1.807) is 11.0 Å². The van der Waals surface area contributed by atoms with E-state index in [9.17, 15) is 14.0 Å². The van der Waals surface area contributed by atoms with E-state index in [-0.39, 0.29) is 23.7 Å². The van der Waals surface area contributed by atoms with Gasteiger partial charge in [-0.2, -0.15) is 0 Å². The van der Waals surface area contributed by atoms with Gasteiger partial charge in [0.15, 0.2) is 0 Å². The summed E-state index contributed by atoms with van der Waals surface area (Å²) in [5.41, 5.74) is 1.38. The molecular weight excluding hydrogens is 369 g/mol. The Bertz CT molecular complexity index is 813. The van der Waals surface area contributed by atoms with Crippen LogP contribution in [-0.4, -0.2) is 29.9 Å². The van der Waals surface area contributed by atoms with Gasteiger partial charge in [0.25, 0.3) is 0 Å². The second-order valence-electron chi connectivity index (χ2n) is 6.53. The van der Waals surface area contributed by atoms with Crippen LogP contribution in [0.5, 0.6) is 0 Å². The maximum absolute atomic E-state index is 13.0. The predicted molar refractivity (Wildman–Crippen MR) is 103 cm³/mol. The molecule has 3 amide bonds. The molecule has 2 aromatic carbocycles. The van der Waals surface area contributed by atoms with Crippen molar-refractivity contribution in [3.05, 3.63) is 64.9 Å². The molecule has 1 saturated heterocycles. The second-order valence-corrected chi connectivity index (χ2v) is 6.94. The SMILES string of the molecule is O=C(NCc1ccccc1Cl)[C@@H]1CCCN(C(=O)Nc2ccc(F)cc2)C1. The molecule has 0 aliphatic carbocycles. The number of nitrogens with one attached hydrogen (secondary N) is 2. The third-order valence-corrected chi connectivity index (χ3v) is 4.95. The van der Waals surface area contributed by atoms with Crippen molar-refractivity contribution in [3.63, 3.8) is 0 Å².